The summed E-state index contributed by atoms with van der Waals surface area (Å²) < 4.78 is 10.1. The molecule has 0 aliphatic heterocycles. The van der Waals surface area contributed by atoms with E-state index in [1.165, 1.54) is 0 Å². The number of ketones is 1. The molecule has 0 spiro atoms. The molecule has 0 heterocycles. The molecule has 0 aliphatic carbocycles. The lowest BCUT2D eigenvalue weighted by molar-refractivity contribution is 0.0746. The van der Waals surface area contributed by atoms with E-state index in [9.17, 15) is 14.5 Å². The van der Waals surface area contributed by atoms with Gasteiger partial charge in [0.05, 0.1) is 0 Å². The summed E-state index contributed by atoms with van der Waals surface area (Å²) >= 11 is 0. The quantitative estimate of drug-likeness (QED) is 0.506. The topological polar surface area (TPSA) is 54.4 Å². The average molecular weight is 378 g/mol. The van der Waals surface area contributed by atoms with E-state index >= 15 is 0 Å². The molecule has 0 radical (unpaired) electrons. The van der Waals surface area contributed by atoms with Crippen molar-refractivity contribution >= 4 is 19.5 Å². The number of benzene rings is 3. The highest BCUT2D eigenvalue weighted by molar-refractivity contribution is 7.34. The molecule has 1 N–H and O–H groups in total. The molecule has 1 unspecified atom stereocenters. The molecule has 0 bridgehead atoms. The van der Waals surface area contributed by atoms with Crippen molar-refractivity contribution < 1.29 is 14.5 Å². The molecular formula is C23H23O3P. The monoisotopic (exact) mass is 378 g/mol. The Hall–Kier alpha value is -2.61. The van der Waals surface area contributed by atoms with E-state index in [1.807, 2.05) is 81.4 Å². The minimum atomic E-state index is -1.10. The summed E-state index contributed by atoms with van der Waals surface area (Å²) in [5.74, 6) is -0.235. The van der Waals surface area contributed by atoms with Crippen LogP contribution in [0.2, 0.25) is 0 Å². The van der Waals surface area contributed by atoms with Crippen molar-refractivity contribution in [3.8, 4) is 0 Å². The first kappa shape index (κ1) is 20.7. The Morgan fingerprint density at radius 1 is 0.852 bits per heavy atom. The second kappa shape index (κ2) is 9.91. The zero-order chi connectivity index (χ0) is 19.8. The first-order chi connectivity index (χ1) is 12.9. The van der Waals surface area contributed by atoms with Crippen LogP contribution >= 0.6 is 8.46 Å². The third-order valence-corrected chi connectivity index (χ3v) is 4.66. The van der Waals surface area contributed by atoms with Crippen molar-refractivity contribution in [2.45, 2.75) is 26.9 Å². The van der Waals surface area contributed by atoms with Crippen LogP contribution in [0.4, 0.5) is 0 Å². The third kappa shape index (κ3) is 5.68. The van der Waals surface area contributed by atoms with Gasteiger partial charge in [0.1, 0.15) is 6.10 Å². The van der Waals surface area contributed by atoms with Gasteiger partial charge in [0.2, 0.25) is 0 Å². The Morgan fingerprint density at radius 2 is 1.33 bits per heavy atom. The first-order valence-electron chi connectivity index (χ1n) is 8.67. The summed E-state index contributed by atoms with van der Waals surface area (Å²) in [7, 11) is 0.0994. The number of hydrogen-bond acceptors (Lipinski definition) is 3. The van der Waals surface area contributed by atoms with E-state index in [-0.39, 0.29) is 14.2 Å². The Morgan fingerprint density at radius 3 is 1.78 bits per heavy atom. The van der Waals surface area contributed by atoms with Gasteiger partial charge in [-0.15, -0.1) is 0 Å². The summed E-state index contributed by atoms with van der Waals surface area (Å²) in [5.41, 5.74) is 4.21. The Kier molecular flexibility index (Phi) is 7.60. The van der Waals surface area contributed by atoms with Gasteiger partial charge in [0.15, 0.2) is 14.2 Å². The molecule has 1 atom stereocenters. The van der Waals surface area contributed by atoms with E-state index in [0.29, 0.717) is 11.1 Å². The van der Waals surface area contributed by atoms with Crippen LogP contribution in [0.25, 0.3) is 0 Å². The van der Waals surface area contributed by atoms with Crippen LogP contribution in [0, 0.1) is 20.8 Å². The van der Waals surface area contributed by atoms with Crippen LogP contribution in [0.3, 0.4) is 0 Å². The van der Waals surface area contributed by atoms with Gasteiger partial charge >= 0.3 is 0 Å². The number of carbonyl (C=O) groups excluding carboxylic acids is 1. The fourth-order valence-corrected chi connectivity index (χ4v) is 3.27. The summed E-state index contributed by atoms with van der Waals surface area (Å²) in [4.78, 5) is 12.4. The van der Waals surface area contributed by atoms with Crippen molar-refractivity contribution in [1.82, 2.24) is 0 Å². The molecule has 3 nitrogen and oxygen atoms in total. The van der Waals surface area contributed by atoms with Crippen molar-refractivity contribution in [3.05, 3.63) is 101 Å². The normalized spacial score (nSPS) is 11.4. The lowest BCUT2D eigenvalue weighted by Crippen LogP contribution is -2.15. The van der Waals surface area contributed by atoms with Gasteiger partial charge < -0.3 is 5.11 Å². The van der Waals surface area contributed by atoms with E-state index in [4.69, 9.17) is 0 Å². The number of carbonyl (C=O) groups is 1. The van der Waals surface area contributed by atoms with Crippen molar-refractivity contribution in [1.29, 1.82) is 0 Å². The zero-order valence-electron chi connectivity index (χ0n) is 15.7. The van der Waals surface area contributed by atoms with Crippen molar-refractivity contribution in [3.63, 3.8) is 0 Å². The van der Waals surface area contributed by atoms with Crippen LogP contribution in [0.15, 0.2) is 72.8 Å². The molecular weight excluding hydrogens is 355 g/mol. The Bertz CT molecular complexity index is 882. The predicted molar refractivity (Wildman–Crippen MR) is 110 cm³/mol. The fourth-order valence-electron chi connectivity index (χ4n) is 2.98. The molecule has 0 aliphatic rings. The van der Waals surface area contributed by atoms with Crippen molar-refractivity contribution in [2.75, 3.05) is 0 Å². The maximum Gasteiger partial charge on any atom is 0.196 e. The highest BCUT2D eigenvalue weighted by Crippen LogP contribution is 2.24. The molecule has 0 aromatic heterocycles. The predicted octanol–water partition coefficient (Wildman–Crippen LogP) is 5.13. The van der Waals surface area contributed by atoms with Crippen molar-refractivity contribution in [2.24, 2.45) is 0 Å². The Labute approximate surface area is 161 Å². The van der Waals surface area contributed by atoms with Gasteiger partial charge in [-0.05, 0) is 49.6 Å². The van der Waals surface area contributed by atoms with Crippen LogP contribution in [-0.2, 0) is 4.57 Å². The molecule has 27 heavy (non-hydrogen) atoms. The van der Waals surface area contributed by atoms with E-state index in [0.717, 1.165) is 22.0 Å². The molecule has 138 valence electrons. The SMILES string of the molecule is Cc1cc(C)c(C(=O)C(O)c2ccccc2)c(C)c1.O=Pc1ccccc1. The molecule has 0 saturated carbocycles. The number of aliphatic hydroxyl groups excluding tert-OH is 1. The summed E-state index contributed by atoms with van der Waals surface area (Å²) in [6, 6.07) is 22.2. The van der Waals surface area contributed by atoms with Gasteiger partial charge in [-0.2, -0.15) is 0 Å². The van der Waals surface area contributed by atoms with Crippen LogP contribution in [-0.4, -0.2) is 10.9 Å². The first-order valence-corrected chi connectivity index (χ1v) is 9.48. The zero-order valence-corrected chi connectivity index (χ0v) is 16.6. The standard InChI is InChI=1S/C17H18O2.C6H5OP/c1-11-9-12(2)15(13(3)10-11)17(19)16(18)14-7-5-4-6-8-14;7-8-6-4-2-1-3-5-6/h4-10,16,18H,1-3H3;1-5H. The molecule has 3 aromatic rings. The van der Waals surface area contributed by atoms with Crippen LogP contribution in [0.5, 0.6) is 0 Å². The fraction of sp³-hybridized carbons (Fsp3) is 0.174. The van der Waals surface area contributed by atoms with E-state index in [2.05, 4.69) is 0 Å². The largest absolute Gasteiger partial charge is 0.380 e. The van der Waals surface area contributed by atoms with Crippen LogP contribution < -0.4 is 5.30 Å². The molecule has 4 heteroatoms. The smallest absolute Gasteiger partial charge is 0.196 e. The summed E-state index contributed by atoms with van der Waals surface area (Å²) in [6.45, 7) is 5.82. The van der Waals surface area contributed by atoms with Gasteiger partial charge in [-0.3, -0.25) is 9.36 Å². The second-order valence-corrected chi connectivity index (χ2v) is 7.08. The number of aryl methyl sites for hydroxylation is 3. The van der Waals surface area contributed by atoms with E-state index < -0.39 is 6.10 Å². The van der Waals surface area contributed by atoms with Crippen LogP contribution in [0.1, 0.15) is 38.7 Å². The lowest BCUT2D eigenvalue weighted by atomic mass is 9.92. The average Bonchev–Trinajstić information content (AvgIpc) is 2.68. The molecule has 3 rings (SSSR count). The maximum atomic E-state index is 12.4. The van der Waals surface area contributed by atoms with Gasteiger partial charge in [0.25, 0.3) is 0 Å². The van der Waals surface area contributed by atoms with Gasteiger partial charge in [-0.1, -0.05) is 66.2 Å². The highest BCUT2D eigenvalue weighted by atomic mass is 31.1. The van der Waals surface area contributed by atoms with Gasteiger partial charge in [0, 0.05) is 10.9 Å². The van der Waals surface area contributed by atoms with Gasteiger partial charge in [-0.25, -0.2) is 0 Å². The highest BCUT2D eigenvalue weighted by Gasteiger charge is 2.22. The summed E-state index contributed by atoms with van der Waals surface area (Å²) in [5, 5.41) is 11.0. The second-order valence-electron chi connectivity index (χ2n) is 6.38. The van der Waals surface area contributed by atoms with E-state index in [1.54, 1.807) is 12.1 Å². The molecule has 0 saturated heterocycles. The summed E-state index contributed by atoms with van der Waals surface area (Å²) in [6.07, 6.45) is -1.10. The molecule has 3 aromatic carbocycles. The molecule has 0 amide bonds. The minimum Gasteiger partial charge on any atom is -0.380 e. The third-order valence-electron chi connectivity index (χ3n) is 4.15. The molecule has 0 fully saturated rings. The minimum absolute atomic E-state index is 0.0994. The number of hydrogen-bond donors (Lipinski definition) is 1. The number of aliphatic hydroxyl groups is 1. The lowest BCUT2D eigenvalue weighted by Gasteiger charge is -2.14. The number of rotatable bonds is 4. The number of Topliss-reactive ketones (excluding diaryl/α,β-unsaturated/α-hetero) is 1. The Balaban J connectivity index is 0.000000273. The maximum absolute atomic E-state index is 12.4.